The molecule has 1 fully saturated rings. The molecule has 6 nitrogen and oxygen atoms in total. The van der Waals surface area contributed by atoms with Crippen molar-refractivity contribution in [3.63, 3.8) is 0 Å². The predicted molar refractivity (Wildman–Crippen MR) is 118 cm³/mol. The third-order valence-corrected chi connectivity index (χ3v) is 5.74. The minimum atomic E-state index is -0.486. The highest BCUT2D eigenvalue weighted by Crippen LogP contribution is 2.35. The van der Waals surface area contributed by atoms with Crippen LogP contribution >= 0.6 is 28.1 Å². The molecule has 0 atom stereocenters. The van der Waals surface area contributed by atoms with E-state index >= 15 is 0 Å². The molecule has 1 aliphatic heterocycles. The van der Waals surface area contributed by atoms with E-state index in [0.717, 1.165) is 0 Å². The zero-order valence-electron chi connectivity index (χ0n) is 16.4. The first-order chi connectivity index (χ1) is 14.2. The predicted octanol–water partition coefficient (Wildman–Crippen LogP) is 3.77. The van der Waals surface area contributed by atoms with Crippen molar-refractivity contribution in [3.05, 3.63) is 63.4 Å². The van der Waals surface area contributed by atoms with Gasteiger partial charge in [-0.05, 0) is 53.7 Å². The van der Waals surface area contributed by atoms with Gasteiger partial charge in [0.2, 0.25) is 0 Å². The van der Waals surface area contributed by atoms with Gasteiger partial charge in [0.1, 0.15) is 18.0 Å². The molecule has 0 aliphatic carbocycles. The summed E-state index contributed by atoms with van der Waals surface area (Å²) in [6.07, 6.45) is 1.47. The number of rotatable bonds is 5. The maximum atomic E-state index is 13.4. The molecular formula is C21H18BrFN2O4S. The molecule has 1 heterocycles. The van der Waals surface area contributed by atoms with Gasteiger partial charge in [-0.3, -0.25) is 19.4 Å². The highest BCUT2D eigenvalue weighted by molar-refractivity contribution is 9.10. The van der Waals surface area contributed by atoms with Gasteiger partial charge in [-0.15, -0.1) is 0 Å². The summed E-state index contributed by atoms with van der Waals surface area (Å²) in [5, 5.41) is 0.139. The van der Waals surface area contributed by atoms with E-state index in [1.54, 1.807) is 24.3 Å². The molecule has 3 rings (SSSR count). The molecule has 0 radical (unpaired) electrons. The molecule has 1 aliphatic rings. The number of thiocarbonyl (C=S) groups is 1. The molecule has 2 aromatic carbocycles. The second-order valence-electron chi connectivity index (χ2n) is 6.51. The van der Waals surface area contributed by atoms with Crippen molar-refractivity contribution in [2.24, 2.45) is 0 Å². The van der Waals surface area contributed by atoms with E-state index in [9.17, 15) is 14.0 Å². The topological polar surface area (TPSA) is 59.1 Å². The molecule has 30 heavy (non-hydrogen) atoms. The van der Waals surface area contributed by atoms with Gasteiger partial charge in [-0.25, -0.2) is 4.39 Å². The second kappa shape index (κ2) is 8.93. The Morgan fingerprint density at radius 1 is 1.10 bits per heavy atom. The number of carbonyl (C=O) groups excluding carboxylic acids is 2. The summed E-state index contributed by atoms with van der Waals surface area (Å²) in [4.78, 5) is 27.6. The number of halogens is 2. The Morgan fingerprint density at radius 3 is 2.37 bits per heavy atom. The van der Waals surface area contributed by atoms with Crippen molar-refractivity contribution < 1.29 is 23.5 Å². The van der Waals surface area contributed by atoms with E-state index in [-0.39, 0.29) is 23.1 Å². The average molecular weight is 493 g/mol. The molecule has 9 heteroatoms. The number of hydrogen-bond acceptors (Lipinski definition) is 5. The van der Waals surface area contributed by atoms with Crippen LogP contribution in [0.2, 0.25) is 0 Å². The van der Waals surface area contributed by atoms with Crippen LogP contribution in [0.25, 0.3) is 6.08 Å². The number of ether oxygens (including phenoxy) is 2. The van der Waals surface area contributed by atoms with Gasteiger partial charge in [-0.2, -0.15) is 0 Å². The lowest BCUT2D eigenvalue weighted by atomic mass is 10.1. The monoisotopic (exact) mass is 492 g/mol. The van der Waals surface area contributed by atoms with Crippen molar-refractivity contribution >= 4 is 51.2 Å². The van der Waals surface area contributed by atoms with E-state index in [0.29, 0.717) is 27.1 Å². The van der Waals surface area contributed by atoms with Crippen LogP contribution in [0.3, 0.4) is 0 Å². The van der Waals surface area contributed by atoms with Gasteiger partial charge in [-0.1, -0.05) is 28.1 Å². The average Bonchev–Trinajstić information content (AvgIpc) is 2.73. The van der Waals surface area contributed by atoms with Gasteiger partial charge < -0.3 is 9.47 Å². The fourth-order valence-electron chi connectivity index (χ4n) is 2.85. The summed E-state index contributed by atoms with van der Waals surface area (Å²) in [7, 11) is 4.51. The van der Waals surface area contributed by atoms with E-state index in [1.807, 2.05) is 0 Å². The van der Waals surface area contributed by atoms with Crippen LogP contribution in [0.4, 0.5) is 4.39 Å². The first-order valence-electron chi connectivity index (χ1n) is 8.79. The zero-order valence-corrected chi connectivity index (χ0v) is 18.8. The highest BCUT2D eigenvalue weighted by atomic mass is 79.9. The second-order valence-corrected chi connectivity index (χ2v) is 7.73. The number of carbonyl (C=O) groups is 2. The van der Waals surface area contributed by atoms with Gasteiger partial charge in [0.25, 0.3) is 11.8 Å². The van der Waals surface area contributed by atoms with E-state index in [2.05, 4.69) is 15.9 Å². The Morgan fingerprint density at radius 2 is 1.77 bits per heavy atom. The Labute approximate surface area is 187 Å². The Bertz CT molecular complexity index is 1050. The van der Waals surface area contributed by atoms with Crippen LogP contribution < -0.4 is 9.47 Å². The Kier molecular flexibility index (Phi) is 6.52. The standard InChI is InChI=1S/C21H18BrFN2O4S/c1-24-19(26)15(20(27)25(2)21(24)30)8-13-9-17(28-3)18(10-16(13)22)29-11-12-5-4-6-14(23)7-12/h4-10H,11H2,1-3H3. The van der Waals surface area contributed by atoms with E-state index in [1.165, 1.54) is 49.2 Å². The minimum absolute atomic E-state index is 0.0233. The first kappa shape index (κ1) is 21.9. The lowest BCUT2D eigenvalue weighted by molar-refractivity contribution is -0.132. The fraction of sp³-hybridized carbons (Fsp3) is 0.190. The number of nitrogens with zero attached hydrogens (tertiary/aromatic N) is 2. The quantitative estimate of drug-likeness (QED) is 0.361. The third-order valence-electron chi connectivity index (χ3n) is 4.51. The number of likely N-dealkylation sites (N-methyl/N-ethyl adjacent to an activating group) is 2. The summed E-state index contributed by atoms with van der Waals surface area (Å²) < 4.78 is 25.1. The largest absolute Gasteiger partial charge is 0.493 e. The molecule has 0 unspecified atom stereocenters. The molecule has 0 aromatic heterocycles. The molecule has 0 N–H and O–H groups in total. The van der Waals surface area contributed by atoms with Crippen LogP contribution in [0.15, 0.2) is 46.4 Å². The summed E-state index contributed by atoms with van der Waals surface area (Å²) in [5.41, 5.74) is 1.20. The van der Waals surface area contributed by atoms with Gasteiger partial charge in [0.05, 0.1) is 7.11 Å². The molecule has 2 amide bonds. The van der Waals surface area contributed by atoms with Crippen LogP contribution in [-0.4, -0.2) is 47.9 Å². The number of benzene rings is 2. The molecule has 1 saturated heterocycles. The smallest absolute Gasteiger partial charge is 0.265 e. The minimum Gasteiger partial charge on any atom is -0.493 e. The molecular weight excluding hydrogens is 475 g/mol. The van der Waals surface area contributed by atoms with E-state index < -0.39 is 11.8 Å². The van der Waals surface area contributed by atoms with Gasteiger partial charge in [0, 0.05) is 18.6 Å². The van der Waals surface area contributed by atoms with Crippen molar-refractivity contribution in [2.75, 3.05) is 21.2 Å². The number of amides is 2. The van der Waals surface area contributed by atoms with Crippen LogP contribution in [0.5, 0.6) is 11.5 Å². The maximum absolute atomic E-state index is 13.4. The Hall–Kier alpha value is -2.78. The van der Waals surface area contributed by atoms with E-state index in [4.69, 9.17) is 21.7 Å². The molecule has 0 saturated carbocycles. The summed E-state index contributed by atoms with van der Waals surface area (Å²) >= 11 is 8.54. The highest BCUT2D eigenvalue weighted by Gasteiger charge is 2.35. The third kappa shape index (κ3) is 4.36. The van der Waals surface area contributed by atoms with Gasteiger partial charge >= 0.3 is 0 Å². The summed E-state index contributed by atoms with van der Waals surface area (Å²) in [5.74, 6) is -0.495. The maximum Gasteiger partial charge on any atom is 0.265 e. The lowest BCUT2D eigenvalue weighted by Crippen LogP contribution is -2.52. The SMILES string of the molecule is COc1cc(C=C2C(=O)N(C)C(=S)N(C)C2=O)c(Br)cc1OCc1cccc(F)c1. The zero-order chi connectivity index (χ0) is 22.0. The van der Waals surface area contributed by atoms with Gasteiger partial charge in [0.15, 0.2) is 16.6 Å². The first-order valence-corrected chi connectivity index (χ1v) is 9.99. The molecule has 0 bridgehead atoms. The molecule has 156 valence electrons. The lowest BCUT2D eigenvalue weighted by Gasteiger charge is -2.31. The van der Waals surface area contributed by atoms with Crippen molar-refractivity contribution in [1.82, 2.24) is 9.80 Å². The molecule has 0 spiro atoms. The molecule has 2 aromatic rings. The normalized spacial score (nSPS) is 14.3. The van der Waals surface area contributed by atoms with Crippen LogP contribution in [0.1, 0.15) is 11.1 Å². The Balaban J connectivity index is 1.92. The fourth-order valence-corrected chi connectivity index (χ4v) is 3.45. The number of hydrogen-bond donors (Lipinski definition) is 0. The van der Waals surface area contributed by atoms with Crippen molar-refractivity contribution in [2.45, 2.75) is 6.61 Å². The van der Waals surface area contributed by atoms with Crippen LogP contribution in [0, 0.1) is 5.82 Å². The van der Waals surface area contributed by atoms with Crippen molar-refractivity contribution in [3.8, 4) is 11.5 Å². The summed E-state index contributed by atoms with van der Waals surface area (Å²) in [6.45, 7) is 0.144. The van der Waals surface area contributed by atoms with Crippen molar-refractivity contribution in [1.29, 1.82) is 0 Å². The number of methoxy groups -OCH3 is 1. The van der Waals surface area contributed by atoms with Crippen LogP contribution in [-0.2, 0) is 16.2 Å². The summed E-state index contributed by atoms with van der Waals surface area (Å²) in [6, 6.07) is 9.41.